The Balaban J connectivity index is 3.83. The number of ether oxygens (including phenoxy) is 2. The van der Waals surface area contributed by atoms with Gasteiger partial charge in [0.05, 0.1) is 13.2 Å². The number of hydrogen-bond donors (Lipinski definition) is 0. The molecule has 0 radical (unpaired) electrons. The molecule has 0 aliphatic heterocycles. The highest BCUT2D eigenvalue weighted by atomic mass is 16.6. The lowest BCUT2D eigenvalue weighted by Gasteiger charge is -2.17. The third-order valence-corrected chi connectivity index (χ3v) is 2.28. The quantitative estimate of drug-likeness (QED) is 0.585. The van der Waals surface area contributed by atoms with E-state index in [9.17, 15) is 4.79 Å². The standard InChI is InChI=1S/C12H24O3/c1-5-8-10(4)9-15-11(6-2)12(13)14-7-3/h10-11H,5-9H2,1-4H3. The third kappa shape index (κ3) is 6.50. The molecule has 0 amide bonds. The average Bonchev–Trinajstić information content (AvgIpc) is 2.19. The molecule has 0 aliphatic carbocycles. The van der Waals surface area contributed by atoms with Crippen molar-refractivity contribution in [1.82, 2.24) is 0 Å². The van der Waals surface area contributed by atoms with Crippen LogP contribution in [0, 0.1) is 5.92 Å². The Morgan fingerprint density at radius 2 is 1.93 bits per heavy atom. The molecule has 3 nitrogen and oxygen atoms in total. The summed E-state index contributed by atoms with van der Waals surface area (Å²) in [6.07, 6.45) is 2.58. The van der Waals surface area contributed by atoms with Crippen molar-refractivity contribution in [2.45, 2.75) is 53.1 Å². The lowest BCUT2D eigenvalue weighted by molar-refractivity contribution is -0.157. The van der Waals surface area contributed by atoms with Gasteiger partial charge in [0, 0.05) is 0 Å². The molecule has 2 atom stereocenters. The van der Waals surface area contributed by atoms with Crippen molar-refractivity contribution in [2.24, 2.45) is 5.92 Å². The predicted octanol–water partition coefficient (Wildman–Crippen LogP) is 2.78. The first kappa shape index (κ1) is 14.4. The van der Waals surface area contributed by atoms with Gasteiger partial charge in [0.1, 0.15) is 0 Å². The van der Waals surface area contributed by atoms with Gasteiger partial charge in [-0.3, -0.25) is 0 Å². The Hall–Kier alpha value is -0.570. The van der Waals surface area contributed by atoms with Crippen LogP contribution in [0.5, 0.6) is 0 Å². The fourth-order valence-corrected chi connectivity index (χ4v) is 1.44. The molecule has 15 heavy (non-hydrogen) atoms. The average molecular weight is 216 g/mol. The zero-order chi connectivity index (χ0) is 11.7. The molecule has 0 rings (SSSR count). The summed E-state index contributed by atoms with van der Waals surface area (Å²) in [5, 5.41) is 0. The van der Waals surface area contributed by atoms with E-state index in [2.05, 4.69) is 13.8 Å². The molecule has 0 heterocycles. The summed E-state index contributed by atoms with van der Waals surface area (Å²) in [7, 11) is 0. The summed E-state index contributed by atoms with van der Waals surface area (Å²) in [5.41, 5.74) is 0. The Labute approximate surface area is 93.1 Å². The van der Waals surface area contributed by atoms with Crippen molar-refractivity contribution in [3.63, 3.8) is 0 Å². The van der Waals surface area contributed by atoms with Crippen molar-refractivity contribution in [2.75, 3.05) is 13.2 Å². The van der Waals surface area contributed by atoms with Crippen molar-refractivity contribution in [3.8, 4) is 0 Å². The van der Waals surface area contributed by atoms with Crippen molar-refractivity contribution >= 4 is 5.97 Å². The van der Waals surface area contributed by atoms with Crippen LogP contribution in [-0.4, -0.2) is 25.3 Å². The van der Waals surface area contributed by atoms with Crippen LogP contribution in [0.15, 0.2) is 0 Å². The van der Waals surface area contributed by atoms with Gasteiger partial charge in [-0.25, -0.2) is 4.79 Å². The molecule has 2 unspecified atom stereocenters. The minimum absolute atomic E-state index is 0.233. The predicted molar refractivity (Wildman–Crippen MR) is 60.7 cm³/mol. The van der Waals surface area contributed by atoms with Crippen LogP contribution in [0.25, 0.3) is 0 Å². The van der Waals surface area contributed by atoms with E-state index in [0.717, 1.165) is 12.8 Å². The molecular formula is C12H24O3. The second-order valence-corrected chi connectivity index (χ2v) is 3.88. The molecule has 0 aromatic heterocycles. The summed E-state index contributed by atoms with van der Waals surface area (Å²) < 4.78 is 10.5. The van der Waals surface area contributed by atoms with E-state index in [4.69, 9.17) is 9.47 Å². The highest BCUT2D eigenvalue weighted by Crippen LogP contribution is 2.09. The van der Waals surface area contributed by atoms with Gasteiger partial charge in [0.15, 0.2) is 6.10 Å². The van der Waals surface area contributed by atoms with Gasteiger partial charge in [-0.15, -0.1) is 0 Å². The maximum atomic E-state index is 11.4. The number of esters is 1. The fraction of sp³-hybridized carbons (Fsp3) is 0.917. The first-order chi connectivity index (χ1) is 7.15. The molecule has 0 aromatic rings. The Kier molecular flexibility index (Phi) is 8.38. The monoisotopic (exact) mass is 216 g/mol. The van der Waals surface area contributed by atoms with Crippen molar-refractivity contribution in [3.05, 3.63) is 0 Å². The van der Waals surface area contributed by atoms with Crippen LogP contribution in [0.3, 0.4) is 0 Å². The van der Waals surface area contributed by atoms with E-state index in [-0.39, 0.29) is 12.1 Å². The van der Waals surface area contributed by atoms with Gasteiger partial charge in [-0.2, -0.15) is 0 Å². The second kappa shape index (κ2) is 8.72. The molecule has 0 aromatic carbocycles. The van der Waals surface area contributed by atoms with Crippen LogP contribution in [0.1, 0.15) is 47.0 Å². The minimum Gasteiger partial charge on any atom is -0.464 e. The van der Waals surface area contributed by atoms with E-state index in [1.54, 1.807) is 0 Å². The number of rotatable bonds is 8. The number of carbonyl (C=O) groups is 1. The van der Waals surface area contributed by atoms with E-state index < -0.39 is 0 Å². The summed E-state index contributed by atoms with van der Waals surface area (Å²) in [6.45, 7) is 9.10. The molecule has 0 fully saturated rings. The summed E-state index contributed by atoms with van der Waals surface area (Å²) in [6, 6.07) is 0. The van der Waals surface area contributed by atoms with Crippen molar-refractivity contribution in [1.29, 1.82) is 0 Å². The van der Waals surface area contributed by atoms with E-state index in [1.165, 1.54) is 0 Å². The third-order valence-electron chi connectivity index (χ3n) is 2.28. The molecule has 0 bridgehead atoms. The van der Waals surface area contributed by atoms with Gasteiger partial charge in [-0.05, 0) is 25.7 Å². The smallest absolute Gasteiger partial charge is 0.335 e. The SMILES string of the molecule is CCCC(C)COC(CC)C(=O)OCC. The molecule has 0 saturated carbocycles. The first-order valence-electron chi connectivity index (χ1n) is 5.93. The van der Waals surface area contributed by atoms with Gasteiger partial charge in [0.25, 0.3) is 0 Å². The van der Waals surface area contributed by atoms with Crippen LogP contribution in [0.4, 0.5) is 0 Å². The van der Waals surface area contributed by atoms with E-state index >= 15 is 0 Å². The van der Waals surface area contributed by atoms with Gasteiger partial charge in [-0.1, -0.05) is 27.2 Å². The zero-order valence-corrected chi connectivity index (χ0v) is 10.4. The fourth-order valence-electron chi connectivity index (χ4n) is 1.44. The normalized spacial score (nSPS) is 14.7. The lowest BCUT2D eigenvalue weighted by atomic mass is 10.1. The van der Waals surface area contributed by atoms with Gasteiger partial charge < -0.3 is 9.47 Å². The highest BCUT2D eigenvalue weighted by Gasteiger charge is 2.18. The van der Waals surface area contributed by atoms with E-state index in [0.29, 0.717) is 25.6 Å². The molecule has 0 spiro atoms. The summed E-state index contributed by atoms with van der Waals surface area (Å²) in [5.74, 6) is 0.280. The summed E-state index contributed by atoms with van der Waals surface area (Å²) >= 11 is 0. The largest absolute Gasteiger partial charge is 0.464 e. The minimum atomic E-state index is -0.385. The molecule has 3 heteroatoms. The molecule has 0 N–H and O–H groups in total. The van der Waals surface area contributed by atoms with Crippen LogP contribution >= 0.6 is 0 Å². The first-order valence-corrected chi connectivity index (χ1v) is 5.93. The summed E-state index contributed by atoms with van der Waals surface area (Å²) in [4.78, 5) is 11.4. The maximum absolute atomic E-state index is 11.4. The highest BCUT2D eigenvalue weighted by molar-refractivity contribution is 5.74. The lowest BCUT2D eigenvalue weighted by Crippen LogP contribution is -2.27. The van der Waals surface area contributed by atoms with Crippen LogP contribution < -0.4 is 0 Å². The topological polar surface area (TPSA) is 35.5 Å². The Bertz CT molecular complexity index is 168. The van der Waals surface area contributed by atoms with Crippen LogP contribution in [-0.2, 0) is 14.3 Å². The molecule has 0 aliphatic rings. The van der Waals surface area contributed by atoms with Crippen LogP contribution in [0.2, 0.25) is 0 Å². The Morgan fingerprint density at radius 3 is 2.40 bits per heavy atom. The molecular weight excluding hydrogens is 192 g/mol. The van der Waals surface area contributed by atoms with Crippen molar-refractivity contribution < 1.29 is 14.3 Å². The Morgan fingerprint density at radius 1 is 1.27 bits per heavy atom. The number of hydrogen-bond acceptors (Lipinski definition) is 3. The number of carbonyl (C=O) groups excluding carboxylic acids is 1. The maximum Gasteiger partial charge on any atom is 0.335 e. The van der Waals surface area contributed by atoms with Gasteiger partial charge in [0.2, 0.25) is 0 Å². The second-order valence-electron chi connectivity index (χ2n) is 3.88. The van der Waals surface area contributed by atoms with Gasteiger partial charge >= 0.3 is 5.97 Å². The molecule has 90 valence electrons. The molecule has 0 saturated heterocycles. The van der Waals surface area contributed by atoms with E-state index in [1.807, 2.05) is 13.8 Å². The zero-order valence-electron chi connectivity index (χ0n) is 10.4.